The largest absolute Gasteiger partial charge is 0.296 e. The van der Waals surface area contributed by atoms with Crippen LogP contribution in [0.1, 0.15) is 42.3 Å². The van der Waals surface area contributed by atoms with Gasteiger partial charge in [0.25, 0.3) is 11.6 Å². The number of rotatable bonds is 6. The molecule has 0 saturated carbocycles. The van der Waals surface area contributed by atoms with E-state index in [0.29, 0.717) is 20.8 Å². The zero-order valence-corrected chi connectivity index (χ0v) is 17.8. The second-order valence-electron chi connectivity index (χ2n) is 7.37. The van der Waals surface area contributed by atoms with Crippen LogP contribution in [0.2, 0.25) is 0 Å². The van der Waals surface area contributed by atoms with E-state index in [4.69, 9.17) is 0 Å². The Bertz CT molecular complexity index is 1030. The lowest BCUT2D eigenvalue weighted by atomic mass is 9.87. The van der Waals surface area contributed by atoms with E-state index in [9.17, 15) is 14.9 Å². The van der Waals surface area contributed by atoms with Crippen LogP contribution >= 0.6 is 23.1 Å². The highest BCUT2D eigenvalue weighted by molar-refractivity contribution is 8.00. The van der Waals surface area contributed by atoms with Crippen molar-refractivity contribution in [3.63, 3.8) is 0 Å². The molecule has 150 valence electrons. The highest BCUT2D eigenvalue weighted by Gasteiger charge is 2.15. The first kappa shape index (κ1) is 20.9. The number of hydrogen-bond donors (Lipinski definition) is 1. The Kier molecular flexibility index (Phi) is 6.29. The predicted octanol–water partition coefficient (Wildman–Crippen LogP) is 5.29. The average molecular weight is 429 g/mol. The number of nitrogens with one attached hydrogen (secondary N) is 1. The molecule has 3 rings (SSSR count). The summed E-state index contributed by atoms with van der Waals surface area (Å²) in [6, 6.07) is 14.0. The summed E-state index contributed by atoms with van der Waals surface area (Å²) in [6.07, 6.45) is 0. The van der Waals surface area contributed by atoms with Crippen LogP contribution in [0, 0.1) is 10.1 Å². The van der Waals surface area contributed by atoms with Crippen LogP contribution in [0.15, 0.2) is 52.9 Å². The third kappa shape index (κ3) is 5.61. The Hall–Kier alpha value is -2.78. The van der Waals surface area contributed by atoms with Crippen molar-refractivity contribution in [2.45, 2.75) is 36.3 Å². The van der Waals surface area contributed by atoms with Crippen molar-refractivity contribution < 1.29 is 9.72 Å². The summed E-state index contributed by atoms with van der Waals surface area (Å²) in [5.41, 5.74) is 2.62. The van der Waals surface area contributed by atoms with E-state index in [-0.39, 0.29) is 17.0 Å². The third-order valence-electron chi connectivity index (χ3n) is 4.12. The lowest BCUT2D eigenvalue weighted by Crippen LogP contribution is -2.14. The summed E-state index contributed by atoms with van der Waals surface area (Å²) in [5, 5.41) is 22.1. The molecule has 0 fully saturated rings. The standard InChI is InChI=1S/C20H20N4O3S2/c1-20(2,3)15-9-7-14(8-10-15)17(25)21-18-22-23-19(29-18)28-12-13-5-4-6-16(11-13)24(26)27/h4-11H,12H2,1-3H3,(H,21,22,25). The van der Waals surface area contributed by atoms with Crippen LogP contribution in [-0.4, -0.2) is 21.0 Å². The van der Waals surface area contributed by atoms with Crippen molar-refractivity contribution in [1.29, 1.82) is 0 Å². The fraction of sp³-hybridized carbons (Fsp3) is 0.250. The number of carbonyl (C=O) groups excluding carboxylic acids is 1. The highest BCUT2D eigenvalue weighted by Crippen LogP contribution is 2.29. The molecular formula is C20H20N4O3S2. The summed E-state index contributed by atoms with van der Waals surface area (Å²) < 4.78 is 0.676. The topological polar surface area (TPSA) is 98.0 Å². The molecule has 1 amide bonds. The summed E-state index contributed by atoms with van der Waals surface area (Å²) in [7, 11) is 0. The average Bonchev–Trinajstić information content (AvgIpc) is 3.13. The smallest absolute Gasteiger partial charge is 0.269 e. The fourth-order valence-electron chi connectivity index (χ4n) is 2.51. The number of nitro benzene ring substituents is 1. The number of non-ortho nitro benzene ring substituents is 1. The van der Waals surface area contributed by atoms with Crippen molar-refractivity contribution in [3.8, 4) is 0 Å². The minimum atomic E-state index is -0.416. The molecule has 1 aromatic heterocycles. The van der Waals surface area contributed by atoms with E-state index < -0.39 is 4.92 Å². The first-order chi connectivity index (χ1) is 13.7. The molecule has 3 aromatic rings. The van der Waals surface area contributed by atoms with Crippen molar-refractivity contribution in [2.24, 2.45) is 0 Å². The quantitative estimate of drug-likeness (QED) is 0.248. The van der Waals surface area contributed by atoms with Gasteiger partial charge in [0.2, 0.25) is 5.13 Å². The SMILES string of the molecule is CC(C)(C)c1ccc(C(=O)Nc2nnc(SCc3cccc([N+](=O)[O-])c3)s2)cc1. The van der Waals surface area contributed by atoms with Crippen LogP contribution in [0.5, 0.6) is 0 Å². The van der Waals surface area contributed by atoms with E-state index >= 15 is 0 Å². The van der Waals surface area contributed by atoms with Crippen molar-refractivity contribution in [1.82, 2.24) is 10.2 Å². The highest BCUT2D eigenvalue weighted by atomic mass is 32.2. The van der Waals surface area contributed by atoms with Gasteiger partial charge in [-0.3, -0.25) is 20.2 Å². The zero-order valence-electron chi connectivity index (χ0n) is 16.2. The summed E-state index contributed by atoms with van der Waals surface area (Å²) in [6.45, 7) is 6.36. The van der Waals surface area contributed by atoms with Gasteiger partial charge in [-0.2, -0.15) is 0 Å². The number of carbonyl (C=O) groups is 1. The molecule has 2 aromatic carbocycles. The molecule has 0 aliphatic rings. The van der Waals surface area contributed by atoms with E-state index in [2.05, 4.69) is 36.3 Å². The Morgan fingerprint density at radius 3 is 2.55 bits per heavy atom. The van der Waals surface area contributed by atoms with Gasteiger partial charge < -0.3 is 0 Å². The van der Waals surface area contributed by atoms with Crippen LogP contribution in [0.25, 0.3) is 0 Å². The summed E-state index contributed by atoms with van der Waals surface area (Å²) in [5.74, 6) is 0.287. The summed E-state index contributed by atoms with van der Waals surface area (Å²) in [4.78, 5) is 22.9. The maximum Gasteiger partial charge on any atom is 0.269 e. The molecule has 0 unspecified atom stereocenters. The molecule has 0 atom stereocenters. The predicted molar refractivity (Wildman–Crippen MR) is 116 cm³/mol. The van der Waals surface area contributed by atoms with Crippen LogP contribution < -0.4 is 5.32 Å². The van der Waals surface area contributed by atoms with Crippen molar-refractivity contribution in [3.05, 3.63) is 75.3 Å². The molecule has 0 saturated heterocycles. The van der Waals surface area contributed by atoms with Crippen molar-refractivity contribution >= 4 is 39.8 Å². The van der Waals surface area contributed by atoms with Gasteiger partial charge >= 0.3 is 0 Å². The van der Waals surface area contributed by atoms with Crippen molar-refractivity contribution in [2.75, 3.05) is 5.32 Å². The maximum absolute atomic E-state index is 12.4. The molecule has 0 bridgehead atoms. The number of amides is 1. The summed E-state index contributed by atoms with van der Waals surface area (Å²) >= 11 is 2.68. The van der Waals surface area contributed by atoms with Gasteiger partial charge in [0.05, 0.1) is 4.92 Å². The lowest BCUT2D eigenvalue weighted by molar-refractivity contribution is -0.384. The molecule has 0 aliphatic heterocycles. The van der Waals surface area contributed by atoms with Gasteiger partial charge in [-0.05, 0) is 28.7 Å². The molecule has 0 aliphatic carbocycles. The number of aromatic nitrogens is 2. The second kappa shape index (κ2) is 8.71. The number of thioether (sulfide) groups is 1. The minimum absolute atomic E-state index is 0.0273. The molecule has 0 spiro atoms. The molecule has 1 N–H and O–H groups in total. The van der Waals surface area contributed by atoms with Gasteiger partial charge in [0, 0.05) is 23.4 Å². The number of hydrogen-bond acceptors (Lipinski definition) is 7. The Labute approximate surface area is 176 Å². The lowest BCUT2D eigenvalue weighted by Gasteiger charge is -2.18. The number of anilines is 1. The van der Waals surface area contributed by atoms with E-state index in [0.717, 1.165) is 11.1 Å². The van der Waals surface area contributed by atoms with Gasteiger partial charge in [0.15, 0.2) is 4.34 Å². The Morgan fingerprint density at radius 2 is 1.90 bits per heavy atom. The Morgan fingerprint density at radius 1 is 1.17 bits per heavy atom. The monoisotopic (exact) mass is 428 g/mol. The second-order valence-corrected chi connectivity index (χ2v) is 9.57. The molecule has 29 heavy (non-hydrogen) atoms. The first-order valence-electron chi connectivity index (χ1n) is 8.84. The molecular weight excluding hydrogens is 408 g/mol. The van der Waals surface area contributed by atoms with Crippen LogP contribution in [-0.2, 0) is 11.2 Å². The maximum atomic E-state index is 12.4. The molecule has 9 heteroatoms. The van der Waals surface area contributed by atoms with E-state index in [1.54, 1.807) is 18.2 Å². The van der Waals surface area contributed by atoms with Gasteiger partial charge in [-0.15, -0.1) is 10.2 Å². The van der Waals surface area contributed by atoms with Crippen LogP contribution in [0.3, 0.4) is 0 Å². The molecule has 7 nitrogen and oxygen atoms in total. The van der Waals surface area contributed by atoms with Gasteiger partial charge in [-0.25, -0.2) is 0 Å². The van der Waals surface area contributed by atoms with Crippen LogP contribution in [0.4, 0.5) is 10.8 Å². The number of benzene rings is 2. The van der Waals surface area contributed by atoms with Gasteiger partial charge in [-0.1, -0.05) is 68.1 Å². The minimum Gasteiger partial charge on any atom is -0.296 e. The third-order valence-corrected chi connectivity index (χ3v) is 6.17. The van der Waals surface area contributed by atoms with Gasteiger partial charge in [0.1, 0.15) is 0 Å². The fourth-order valence-corrected chi connectivity index (χ4v) is 4.20. The number of nitrogens with zero attached hydrogens (tertiary/aromatic N) is 3. The number of nitro groups is 1. The Balaban J connectivity index is 1.59. The van der Waals surface area contributed by atoms with E-state index in [1.165, 1.54) is 35.2 Å². The zero-order chi connectivity index (χ0) is 21.0. The van der Waals surface area contributed by atoms with E-state index in [1.807, 2.05) is 18.2 Å². The molecule has 0 radical (unpaired) electrons. The molecule has 1 heterocycles. The first-order valence-corrected chi connectivity index (χ1v) is 10.6. The normalized spacial score (nSPS) is 11.3.